The predicted octanol–water partition coefficient (Wildman–Crippen LogP) is 3.77. The van der Waals surface area contributed by atoms with E-state index in [0.717, 1.165) is 47.4 Å². The number of nitrogens with zero attached hydrogens (tertiary/aromatic N) is 2. The molecule has 4 rings (SSSR count). The first-order valence-electron chi connectivity index (χ1n) is 9.23. The van der Waals surface area contributed by atoms with E-state index in [9.17, 15) is 4.39 Å². The summed E-state index contributed by atoms with van der Waals surface area (Å²) in [6.45, 7) is 1.38. The number of rotatable bonds is 5. The van der Waals surface area contributed by atoms with Crippen molar-refractivity contribution in [2.75, 3.05) is 13.6 Å². The van der Waals surface area contributed by atoms with E-state index in [4.69, 9.17) is 0 Å². The van der Waals surface area contributed by atoms with Crippen LogP contribution in [0.2, 0.25) is 0 Å². The second kappa shape index (κ2) is 7.35. The van der Waals surface area contributed by atoms with E-state index in [1.807, 2.05) is 24.4 Å². The Morgan fingerprint density at radius 3 is 2.70 bits per heavy atom. The topological polar surface area (TPSA) is 49.3 Å². The molecule has 0 unspecified atom stereocenters. The third-order valence-corrected chi connectivity index (χ3v) is 5.27. The first-order chi connectivity index (χ1) is 13.2. The Morgan fingerprint density at radius 1 is 1.11 bits per heavy atom. The average Bonchev–Trinajstić information content (AvgIpc) is 3.49. The van der Waals surface area contributed by atoms with Gasteiger partial charge >= 0.3 is 0 Å². The molecule has 0 radical (unpaired) electrons. The van der Waals surface area contributed by atoms with Crippen molar-refractivity contribution in [3.05, 3.63) is 77.7 Å². The van der Waals surface area contributed by atoms with E-state index in [-0.39, 0.29) is 11.2 Å². The molecule has 0 bridgehead atoms. The lowest BCUT2D eigenvalue weighted by Gasteiger charge is -2.19. The van der Waals surface area contributed by atoms with Crippen LogP contribution in [0.3, 0.4) is 0 Å². The van der Waals surface area contributed by atoms with Crippen molar-refractivity contribution < 1.29 is 4.39 Å². The van der Waals surface area contributed by atoms with Crippen LogP contribution in [-0.4, -0.2) is 24.5 Å². The standard InChI is InChI=1S/C22H23FN4/c1-24-21(26-14-17-6-2-5-16-7-4-12-25-20(16)17)27-15-22(10-11-22)18-8-3-9-19(23)13-18/h2-9,12-13H,10-11,14-15H2,1H3,(H2,24,26,27). The molecule has 5 heteroatoms. The molecule has 1 saturated carbocycles. The molecule has 3 aromatic rings. The molecule has 1 fully saturated rings. The molecule has 1 aliphatic carbocycles. The zero-order chi connectivity index (χ0) is 18.7. The summed E-state index contributed by atoms with van der Waals surface area (Å²) in [5, 5.41) is 7.90. The smallest absolute Gasteiger partial charge is 0.191 e. The molecule has 2 aromatic carbocycles. The predicted molar refractivity (Wildman–Crippen MR) is 107 cm³/mol. The van der Waals surface area contributed by atoms with E-state index in [1.54, 1.807) is 19.2 Å². The number of pyridine rings is 1. The Hall–Kier alpha value is -2.95. The van der Waals surface area contributed by atoms with Gasteiger partial charge in [0, 0.05) is 37.1 Å². The zero-order valence-corrected chi connectivity index (χ0v) is 15.4. The van der Waals surface area contributed by atoms with Gasteiger partial charge in [-0.05, 0) is 42.2 Å². The van der Waals surface area contributed by atoms with Crippen molar-refractivity contribution in [3.8, 4) is 0 Å². The second-order valence-electron chi connectivity index (χ2n) is 7.06. The summed E-state index contributed by atoms with van der Waals surface area (Å²) < 4.78 is 13.6. The average molecular weight is 362 g/mol. The fourth-order valence-corrected chi connectivity index (χ4v) is 3.50. The van der Waals surface area contributed by atoms with Gasteiger partial charge in [-0.15, -0.1) is 0 Å². The van der Waals surface area contributed by atoms with Gasteiger partial charge in [0.2, 0.25) is 0 Å². The molecule has 0 saturated heterocycles. The zero-order valence-electron chi connectivity index (χ0n) is 15.4. The maximum Gasteiger partial charge on any atom is 0.191 e. The van der Waals surface area contributed by atoms with Crippen LogP contribution in [0, 0.1) is 5.82 Å². The highest BCUT2D eigenvalue weighted by atomic mass is 19.1. The van der Waals surface area contributed by atoms with Gasteiger partial charge in [-0.2, -0.15) is 0 Å². The van der Waals surface area contributed by atoms with Gasteiger partial charge in [-0.1, -0.05) is 36.4 Å². The Bertz CT molecular complexity index is 973. The highest BCUT2D eigenvalue weighted by Crippen LogP contribution is 2.47. The number of hydrogen-bond donors (Lipinski definition) is 2. The summed E-state index contributed by atoms with van der Waals surface area (Å²) in [6, 6.07) is 17.1. The van der Waals surface area contributed by atoms with Crippen LogP contribution in [0.4, 0.5) is 4.39 Å². The Morgan fingerprint density at radius 2 is 1.93 bits per heavy atom. The lowest BCUT2D eigenvalue weighted by atomic mass is 9.96. The highest BCUT2D eigenvalue weighted by Gasteiger charge is 2.44. The number of halogens is 1. The number of aromatic nitrogens is 1. The van der Waals surface area contributed by atoms with Crippen LogP contribution in [0.1, 0.15) is 24.0 Å². The monoisotopic (exact) mass is 362 g/mol. The van der Waals surface area contributed by atoms with E-state index in [1.165, 1.54) is 6.07 Å². The van der Waals surface area contributed by atoms with Crippen molar-refractivity contribution >= 4 is 16.9 Å². The molecule has 0 amide bonds. The Balaban J connectivity index is 1.40. The first kappa shape index (κ1) is 17.5. The van der Waals surface area contributed by atoms with Gasteiger partial charge in [0.05, 0.1) is 5.52 Å². The molecule has 0 aliphatic heterocycles. The minimum absolute atomic E-state index is 0.0146. The lowest BCUT2D eigenvalue weighted by Crippen LogP contribution is -2.41. The molecule has 1 aliphatic rings. The number of guanidine groups is 1. The number of nitrogens with one attached hydrogen (secondary N) is 2. The van der Waals surface area contributed by atoms with Crippen molar-refractivity contribution in [1.29, 1.82) is 0 Å². The molecule has 1 heterocycles. The first-order valence-corrected chi connectivity index (χ1v) is 9.23. The van der Waals surface area contributed by atoms with Crippen LogP contribution in [0.5, 0.6) is 0 Å². The van der Waals surface area contributed by atoms with E-state index in [0.29, 0.717) is 6.54 Å². The van der Waals surface area contributed by atoms with Gasteiger partial charge in [-0.3, -0.25) is 9.98 Å². The number of aliphatic imine (C=N–C) groups is 1. The third-order valence-electron chi connectivity index (χ3n) is 5.27. The molecular weight excluding hydrogens is 339 g/mol. The van der Waals surface area contributed by atoms with Crippen LogP contribution in [0.15, 0.2) is 65.8 Å². The molecule has 27 heavy (non-hydrogen) atoms. The number of hydrogen-bond acceptors (Lipinski definition) is 2. The molecule has 4 nitrogen and oxygen atoms in total. The lowest BCUT2D eigenvalue weighted by molar-refractivity contribution is 0.607. The van der Waals surface area contributed by atoms with Crippen LogP contribution in [0.25, 0.3) is 10.9 Å². The van der Waals surface area contributed by atoms with Crippen LogP contribution < -0.4 is 10.6 Å². The van der Waals surface area contributed by atoms with Gasteiger partial charge < -0.3 is 10.6 Å². The normalized spacial score (nSPS) is 15.6. The fourth-order valence-electron chi connectivity index (χ4n) is 3.50. The summed E-state index contributed by atoms with van der Waals surface area (Å²) in [6.07, 6.45) is 3.94. The number of fused-ring (bicyclic) bond motifs is 1. The molecule has 0 spiro atoms. The van der Waals surface area contributed by atoms with Gasteiger partial charge in [0.25, 0.3) is 0 Å². The van der Waals surface area contributed by atoms with E-state index in [2.05, 4.69) is 38.8 Å². The summed E-state index contributed by atoms with van der Waals surface area (Å²) >= 11 is 0. The van der Waals surface area contributed by atoms with Gasteiger partial charge in [0.1, 0.15) is 5.82 Å². The number of para-hydroxylation sites is 1. The third kappa shape index (κ3) is 3.77. The summed E-state index contributed by atoms with van der Waals surface area (Å²) in [7, 11) is 1.76. The van der Waals surface area contributed by atoms with E-state index >= 15 is 0 Å². The SMILES string of the molecule is CN=C(NCc1cccc2cccnc12)NCC1(c2cccc(F)c2)CC1. The minimum atomic E-state index is -0.176. The van der Waals surface area contributed by atoms with Gasteiger partial charge in [0.15, 0.2) is 5.96 Å². The summed E-state index contributed by atoms with van der Waals surface area (Å²) in [4.78, 5) is 8.82. The van der Waals surface area contributed by atoms with Crippen LogP contribution in [-0.2, 0) is 12.0 Å². The van der Waals surface area contributed by atoms with Crippen molar-refractivity contribution in [3.63, 3.8) is 0 Å². The number of benzene rings is 2. The Kier molecular flexibility index (Phi) is 4.75. The minimum Gasteiger partial charge on any atom is -0.356 e. The molecule has 0 atom stereocenters. The maximum absolute atomic E-state index is 13.6. The van der Waals surface area contributed by atoms with Crippen molar-refractivity contribution in [2.45, 2.75) is 24.8 Å². The largest absolute Gasteiger partial charge is 0.356 e. The van der Waals surface area contributed by atoms with Crippen molar-refractivity contribution in [2.24, 2.45) is 4.99 Å². The highest BCUT2D eigenvalue weighted by molar-refractivity contribution is 5.83. The van der Waals surface area contributed by atoms with Gasteiger partial charge in [-0.25, -0.2) is 4.39 Å². The molecular formula is C22H23FN4. The quantitative estimate of drug-likeness (QED) is 0.537. The van der Waals surface area contributed by atoms with Crippen LogP contribution >= 0.6 is 0 Å². The molecule has 138 valence electrons. The van der Waals surface area contributed by atoms with E-state index < -0.39 is 0 Å². The summed E-state index contributed by atoms with van der Waals surface area (Å²) in [5.74, 6) is 0.565. The maximum atomic E-state index is 13.6. The fraction of sp³-hybridized carbons (Fsp3) is 0.273. The molecule has 2 N–H and O–H groups in total. The molecule has 1 aromatic heterocycles. The summed E-state index contributed by atoms with van der Waals surface area (Å²) in [5.41, 5.74) is 3.20. The Labute approximate surface area is 158 Å². The second-order valence-corrected chi connectivity index (χ2v) is 7.06. The van der Waals surface area contributed by atoms with Crippen molar-refractivity contribution in [1.82, 2.24) is 15.6 Å².